The molecule has 2 aromatic heterocycles. The quantitative estimate of drug-likeness (QED) is 0.165. The van der Waals surface area contributed by atoms with Gasteiger partial charge in [-0.15, -0.1) is 0 Å². The highest BCUT2D eigenvalue weighted by Crippen LogP contribution is 1.98. The maximum atomic E-state index is 9.00. The molecule has 0 aliphatic heterocycles. The van der Waals surface area contributed by atoms with Crippen LogP contribution in [0, 0.1) is 0 Å². The number of carbonyl (C=O) groups excluding carboxylic acids is 4. The molecule has 28 heavy (non-hydrogen) atoms. The Bertz CT molecular complexity index is 582. The van der Waals surface area contributed by atoms with Gasteiger partial charge in [0, 0.05) is 0 Å². The van der Waals surface area contributed by atoms with E-state index < -0.39 is 6.03 Å². The lowest BCUT2D eigenvalue weighted by Crippen LogP contribution is -2.18. The number of hydrogen-bond donors (Lipinski definition) is 8. The molecule has 2 heterocycles. The maximum absolute atomic E-state index is 9.00. The summed E-state index contributed by atoms with van der Waals surface area (Å²) in [6.45, 7) is 2.00. The van der Waals surface area contributed by atoms with Gasteiger partial charge in [-0.2, -0.15) is 29.9 Å². The van der Waals surface area contributed by atoms with Gasteiger partial charge in [0.1, 0.15) is 6.79 Å². The number of aromatic nitrogens is 6. The molecule has 18 nitrogen and oxygen atoms in total. The third-order valence-electron chi connectivity index (χ3n) is 1.43. The van der Waals surface area contributed by atoms with E-state index >= 15 is 0 Å². The van der Waals surface area contributed by atoms with Crippen molar-refractivity contribution in [2.75, 3.05) is 34.4 Å². The van der Waals surface area contributed by atoms with Crippen molar-refractivity contribution in [3.8, 4) is 0 Å². The Morgan fingerprint density at radius 1 is 0.571 bits per heavy atom. The van der Waals surface area contributed by atoms with Crippen molar-refractivity contribution in [1.29, 1.82) is 0 Å². The van der Waals surface area contributed by atoms with Crippen LogP contribution in [0.15, 0.2) is 0 Å². The highest BCUT2D eigenvalue weighted by Gasteiger charge is 1.94. The third kappa shape index (κ3) is 21.1. The fourth-order valence-corrected chi connectivity index (χ4v) is 0.854. The van der Waals surface area contributed by atoms with Crippen LogP contribution in [0.3, 0.4) is 0 Å². The Morgan fingerprint density at radius 3 is 0.750 bits per heavy atom. The number of primary amides is 2. The van der Waals surface area contributed by atoms with E-state index in [1.165, 1.54) is 0 Å². The zero-order valence-corrected chi connectivity index (χ0v) is 14.3. The Morgan fingerprint density at radius 2 is 0.679 bits per heavy atom. The summed E-state index contributed by atoms with van der Waals surface area (Å²) in [6, 6.07) is -0.833. The number of urea groups is 1. The van der Waals surface area contributed by atoms with E-state index in [0.717, 1.165) is 0 Å². The maximum Gasteiger partial charge on any atom is 0.309 e. The van der Waals surface area contributed by atoms with Crippen molar-refractivity contribution in [3.05, 3.63) is 0 Å². The van der Waals surface area contributed by atoms with Gasteiger partial charge < -0.3 is 50.7 Å². The summed E-state index contributed by atoms with van der Waals surface area (Å²) < 4.78 is 0. The van der Waals surface area contributed by atoms with Gasteiger partial charge >= 0.3 is 6.03 Å². The lowest BCUT2D eigenvalue weighted by Gasteiger charge is -1.93. The van der Waals surface area contributed by atoms with E-state index in [1.54, 1.807) is 0 Å². The molecule has 2 aromatic rings. The fraction of sp³-hybridized carbons (Fsp3) is 0. The number of rotatable bonds is 1. The zero-order chi connectivity index (χ0) is 22.7. The minimum absolute atomic E-state index is 0.0417. The molecule has 0 spiro atoms. The molecule has 0 radical (unpaired) electrons. The molecule has 154 valence electrons. The van der Waals surface area contributed by atoms with Gasteiger partial charge in [0.15, 0.2) is 12.6 Å². The summed E-state index contributed by atoms with van der Waals surface area (Å²) in [6.07, 6.45) is 0.389. The molecule has 16 N–H and O–H groups in total. The summed E-state index contributed by atoms with van der Waals surface area (Å²) in [7, 11) is 0. The smallest absolute Gasteiger partial charge is 0.309 e. The van der Waals surface area contributed by atoms with Crippen LogP contribution in [0.1, 0.15) is 0 Å². The highest BCUT2D eigenvalue weighted by molar-refractivity contribution is 6.09. The van der Waals surface area contributed by atoms with Crippen molar-refractivity contribution in [2.45, 2.75) is 0 Å². The monoisotopic (exact) mass is 400 g/mol. The first-order valence-electron chi connectivity index (χ1n) is 6.29. The van der Waals surface area contributed by atoms with Crippen LogP contribution in [0.2, 0.25) is 0 Å². The predicted molar refractivity (Wildman–Crippen MR) is 99.1 cm³/mol. The number of hydrogen-bond acceptors (Lipinski definition) is 16. The molecular formula is C10H20N14O4. The third-order valence-corrected chi connectivity index (χ3v) is 1.43. The van der Waals surface area contributed by atoms with Crippen molar-refractivity contribution in [3.63, 3.8) is 0 Å². The second-order valence-electron chi connectivity index (χ2n) is 3.49. The van der Waals surface area contributed by atoms with Crippen LogP contribution in [-0.4, -0.2) is 55.3 Å². The van der Waals surface area contributed by atoms with E-state index in [9.17, 15) is 0 Å². The van der Waals surface area contributed by atoms with Crippen molar-refractivity contribution >= 4 is 61.1 Å². The minimum atomic E-state index is -0.833. The lowest BCUT2D eigenvalue weighted by atomic mass is 10.9. The molecule has 0 unspecified atom stereocenters. The van der Waals surface area contributed by atoms with Crippen LogP contribution in [0.5, 0.6) is 0 Å². The normalized spacial score (nSPS) is 7.71. The number of carbonyl (C=O) groups is 4. The van der Waals surface area contributed by atoms with E-state index in [-0.39, 0.29) is 48.3 Å². The first-order valence-corrected chi connectivity index (χ1v) is 6.29. The van der Waals surface area contributed by atoms with Crippen LogP contribution < -0.4 is 45.9 Å². The van der Waals surface area contributed by atoms with Crippen LogP contribution in [0.4, 0.5) is 40.5 Å². The molecule has 0 saturated carbocycles. The van der Waals surface area contributed by atoms with Crippen molar-refractivity contribution in [1.82, 2.24) is 29.9 Å². The standard InChI is InChI=1S/2C3H6N6.C2H2O2.CH4N2O.CH2O/c2*4-1-7-2(5)9-3(6)8-1;3-1-2-4;2-1(3)4;1-2/h2*(H6,4,5,6,7,8,9);1-2H;(H4,2,3,4);1H2. The Labute approximate surface area is 157 Å². The van der Waals surface area contributed by atoms with Gasteiger partial charge in [-0.05, 0) is 0 Å². The zero-order valence-electron chi connectivity index (χ0n) is 14.3. The molecule has 0 aliphatic carbocycles. The summed E-state index contributed by atoms with van der Waals surface area (Å²) in [5.41, 5.74) is 39.3. The molecule has 0 aliphatic rings. The Balaban J connectivity index is -0.000000309. The van der Waals surface area contributed by atoms with Crippen molar-refractivity contribution < 1.29 is 19.2 Å². The second-order valence-corrected chi connectivity index (χ2v) is 3.49. The molecule has 0 saturated heterocycles. The van der Waals surface area contributed by atoms with Crippen molar-refractivity contribution in [2.24, 2.45) is 11.5 Å². The Hall–Kier alpha value is -4.90. The van der Waals surface area contributed by atoms with Crippen LogP contribution in [0.25, 0.3) is 0 Å². The lowest BCUT2D eigenvalue weighted by molar-refractivity contribution is -0.122. The first kappa shape index (κ1) is 27.9. The summed E-state index contributed by atoms with van der Waals surface area (Å²) in [5, 5.41) is 0. The van der Waals surface area contributed by atoms with Gasteiger partial charge in [0.05, 0.1) is 0 Å². The molecule has 0 aromatic carbocycles. The van der Waals surface area contributed by atoms with Crippen LogP contribution in [-0.2, 0) is 14.4 Å². The molecule has 2 rings (SSSR count). The molecule has 18 heteroatoms. The van der Waals surface area contributed by atoms with Gasteiger partial charge in [-0.1, -0.05) is 0 Å². The molecule has 0 fully saturated rings. The first-order chi connectivity index (χ1) is 13.0. The number of nitrogen functional groups attached to an aromatic ring is 6. The van der Waals surface area contributed by atoms with Crippen LogP contribution >= 0.6 is 0 Å². The van der Waals surface area contributed by atoms with E-state index in [0.29, 0.717) is 0 Å². The summed E-state index contributed by atoms with van der Waals surface area (Å²) in [5.74, 6) is 0.250. The van der Waals surface area contributed by atoms with Gasteiger partial charge in [0.2, 0.25) is 35.7 Å². The molecule has 0 bridgehead atoms. The second kappa shape index (κ2) is 16.9. The summed E-state index contributed by atoms with van der Waals surface area (Å²) >= 11 is 0. The largest absolute Gasteiger partial charge is 0.368 e. The highest BCUT2D eigenvalue weighted by atomic mass is 16.2. The summed E-state index contributed by atoms with van der Waals surface area (Å²) in [4.78, 5) is 55.5. The molecule has 0 atom stereocenters. The predicted octanol–water partition coefficient (Wildman–Crippen LogP) is -4.54. The molecular weight excluding hydrogens is 380 g/mol. The number of aldehydes is 2. The van der Waals surface area contributed by atoms with E-state index in [4.69, 9.17) is 53.6 Å². The SMILES string of the molecule is C=O.NC(N)=O.Nc1nc(N)nc(N)n1.Nc1nc(N)nc(N)n1.O=CC=O. The fourth-order valence-electron chi connectivity index (χ4n) is 0.854. The Kier molecular flexibility index (Phi) is 16.9. The average molecular weight is 400 g/mol. The topological polar surface area (TPSA) is 354 Å². The molecule has 2 amide bonds. The number of nitrogens with zero attached hydrogens (tertiary/aromatic N) is 6. The number of nitrogens with two attached hydrogens (primary N) is 8. The van der Waals surface area contributed by atoms with E-state index in [1.807, 2.05) is 6.79 Å². The van der Waals surface area contributed by atoms with Gasteiger partial charge in [0.25, 0.3) is 0 Å². The number of amides is 2. The minimum Gasteiger partial charge on any atom is -0.368 e. The van der Waals surface area contributed by atoms with Gasteiger partial charge in [-0.25, -0.2) is 4.79 Å². The van der Waals surface area contributed by atoms with Gasteiger partial charge in [-0.3, -0.25) is 9.59 Å². The van der Waals surface area contributed by atoms with E-state index in [2.05, 4.69) is 41.4 Å². The average Bonchev–Trinajstić information content (AvgIpc) is 2.54. The number of anilines is 6.